The molecular weight excluding hydrogens is 206 g/mol. The van der Waals surface area contributed by atoms with Crippen LogP contribution in [-0.4, -0.2) is 16.2 Å². The minimum atomic E-state index is 0.454. The molecule has 1 saturated carbocycles. The number of aromatic nitrogens is 2. The monoisotopic (exact) mass is 219 g/mol. The van der Waals surface area contributed by atoms with Gasteiger partial charge in [-0.25, -0.2) is 0 Å². The highest BCUT2D eigenvalue weighted by molar-refractivity contribution is 5.49. The minimum absolute atomic E-state index is 0.454. The van der Waals surface area contributed by atoms with E-state index in [2.05, 4.69) is 15.5 Å². The van der Waals surface area contributed by atoms with Gasteiger partial charge in [-0.15, -0.1) is 0 Å². The van der Waals surface area contributed by atoms with Crippen LogP contribution in [0.4, 0.5) is 0 Å². The Hall–Kier alpha value is -1.62. The van der Waals surface area contributed by atoms with Gasteiger partial charge in [-0.3, -0.25) is 0 Å². The van der Waals surface area contributed by atoms with E-state index in [1.807, 2.05) is 13.0 Å². The van der Waals surface area contributed by atoms with Crippen LogP contribution >= 0.6 is 0 Å². The van der Waals surface area contributed by atoms with E-state index < -0.39 is 0 Å². The Labute approximate surface area is 92.8 Å². The van der Waals surface area contributed by atoms with Gasteiger partial charge in [0, 0.05) is 11.6 Å². The highest BCUT2D eigenvalue weighted by Crippen LogP contribution is 2.23. The highest BCUT2D eigenvalue weighted by atomic mass is 16.5. The van der Waals surface area contributed by atoms with Gasteiger partial charge in [-0.1, -0.05) is 5.16 Å². The smallest absolute Gasteiger partial charge is 0.293 e. The molecule has 2 heterocycles. The fourth-order valence-corrected chi connectivity index (χ4v) is 1.53. The minimum Gasteiger partial charge on any atom is -0.459 e. The van der Waals surface area contributed by atoms with Gasteiger partial charge >= 0.3 is 0 Å². The van der Waals surface area contributed by atoms with Gasteiger partial charge < -0.3 is 14.3 Å². The van der Waals surface area contributed by atoms with Crippen molar-refractivity contribution in [3.05, 3.63) is 23.7 Å². The molecule has 2 aromatic rings. The lowest BCUT2D eigenvalue weighted by molar-refractivity contribution is 0.406. The van der Waals surface area contributed by atoms with Crippen molar-refractivity contribution < 1.29 is 8.94 Å². The summed E-state index contributed by atoms with van der Waals surface area (Å²) < 4.78 is 10.4. The van der Waals surface area contributed by atoms with E-state index in [4.69, 9.17) is 8.94 Å². The molecule has 2 aromatic heterocycles. The molecule has 3 rings (SSSR count). The topological polar surface area (TPSA) is 64.1 Å². The van der Waals surface area contributed by atoms with Gasteiger partial charge in [0.1, 0.15) is 0 Å². The molecule has 0 aliphatic heterocycles. The van der Waals surface area contributed by atoms with Crippen LogP contribution in [0.1, 0.15) is 24.2 Å². The molecular formula is C11H13N3O2. The van der Waals surface area contributed by atoms with Gasteiger partial charge in [0.05, 0.1) is 12.8 Å². The van der Waals surface area contributed by atoms with E-state index >= 15 is 0 Å². The molecule has 0 radical (unpaired) electrons. The molecule has 84 valence electrons. The second kappa shape index (κ2) is 3.75. The number of furan rings is 1. The fourth-order valence-electron chi connectivity index (χ4n) is 1.53. The molecule has 0 bridgehead atoms. The molecule has 16 heavy (non-hydrogen) atoms. The Morgan fingerprint density at radius 1 is 1.50 bits per heavy atom. The zero-order valence-corrected chi connectivity index (χ0v) is 9.06. The van der Waals surface area contributed by atoms with Gasteiger partial charge in [0.25, 0.3) is 5.89 Å². The molecule has 0 atom stereocenters. The van der Waals surface area contributed by atoms with E-state index in [-0.39, 0.29) is 0 Å². The maximum Gasteiger partial charge on any atom is 0.293 e. The molecule has 5 heteroatoms. The lowest BCUT2D eigenvalue weighted by atomic mass is 10.3. The first kappa shape index (κ1) is 9.59. The Morgan fingerprint density at radius 2 is 2.38 bits per heavy atom. The predicted octanol–water partition coefficient (Wildman–Crippen LogP) is 1.89. The van der Waals surface area contributed by atoms with Crippen LogP contribution in [0.15, 0.2) is 21.3 Å². The fraction of sp³-hybridized carbons (Fsp3) is 0.455. The van der Waals surface area contributed by atoms with Crippen LogP contribution in [0.2, 0.25) is 0 Å². The van der Waals surface area contributed by atoms with E-state index in [0.717, 1.165) is 5.56 Å². The van der Waals surface area contributed by atoms with Gasteiger partial charge in [0.2, 0.25) is 0 Å². The number of nitrogens with one attached hydrogen (secondary N) is 1. The van der Waals surface area contributed by atoms with Crippen LogP contribution in [0.25, 0.3) is 11.7 Å². The van der Waals surface area contributed by atoms with Crippen LogP contribution in [-0.2, 0) is 6.54 Å². The standard InChI is InChI=1S/C11H13N3O2/c1-7-4-5-15-10(7)11-13-9(14-16-11)6-12-8-2-3-8/h4-5,8,12H,2-3,6H2,1H3. The summed E-state index contributed by atoms with van der Waals surface area (Å²) in [6.45, 7) is 2.61. The van der Waals surface area contributed by atoms with Crippen LogP contribution in [0.3, 0.4) is 0 Å². The molecule has 0 saturated heterocycles. The van der Waals surface area contributed by atoms with Crippen molar-refractivity contribution in [3.8, 4) is 11.7 Å². The van der Waals surface area contributed by atoms with Crippen molar-refractivity contribution >= 4 is 0 Å². The summed E-state index contributed by atoms with van der Waals surface area (Å²) in [5.74, 6) is 1.79. The summed E-state index contributed by atoms with van der Waals surface area (Å²) in [6, 6.07) is 2.52. The average Bonchev–Trinajstić information content (AvgIpc) is 2.82. The summed E-state index contributed by atoms with van der Waals surface area (Å²) in [7, 11) is 0. The van der Waals surface area contributed by atoms with Crippen molar-refractivity contribution in [2.75, 3.05) is 0 Å². The molecule has 1 fully saturated rings. The van der Waals surface area contributed by atoms with E-state index in [9.17, 15) is 0 Å². The second-order valence-electron chi connectivity index (χ2n) is 4.10. The normalized spacial score (nSPS) is 15.6. The summed E-state index contributed by atoms with van der Waals surface area (Å²) in [5.41, 5.74) is 1.00. The first-order valence-corrected chi connectivity index (χ1v) is 5.43. The third kappa shape index (κ3) is 1.86. The zero-order valence-electron chi connectivity index (χ0n) is 9.06. The van der Waals surface area contributed by atoms with Crippen molar-refractivity contribution in [3.63, 3.8) is 0 Å². The third-order valence-corrected chi connectivity index (χ3v) is 2.65. The first-order valence-electron chi connectivity index (χ1n) is 5.43. The summed E-state index contributed by atoms with van der Waals surface area (Å²) in [5, 5.41) is 7.23. The van der Waals surface area contributed by atoms with Crippen molar-refractivity contribution in [2.45, 2.75) is 32.4 Å². The van der Waals surface area contributed by atoms with E-state index in [1.54, 1.807) is 6.26 Å². The van der Waals surface area contributed by atoms with E-state index in [0.29, 0.717) is 30.1 Å². The van der Waals surface area contributed by atoms with E-state index in [1.165, 1.54) is 12.8 Å². The number of aryl methyl sites for hydroxylation is 1. The highest BCUT2D eigenvalue weighted by Gasteiger charge is 2.21. The SMILES string of the molecule is Cc1ccoc1-c1nc(CNC2CC2)no1. The molecule has 1 N–H and O–H groups in total. The molecule has 0 spiro atoms. The van der Waals surface area contributed by atoms with Gasteiger partial charge in [-0.2, -0.15) is 4.98 Å². The lowest BCUT2D eigenvalue weighted by Gasteiger charge is -1.94. The maximum atomic E-state index is 5.28. The van der Waals surface area contributed by atoms with Crippen molar-refractivity contribution in [1.29, 1.82) is 0 Å². The molecule has 5 nitrogen and oxygen atoms in total. The van der Waals surface area contributed by atoms with Gasteiger partial charge in [-0.05, 0) is 25.8 Å². The predicted molar refractivity (Wildman–Crippen MR) is 56.6 cm³/mol. The Morgan fingerprint density at radius 3 is 3.06 bits per heavy atom. The third-order valence-electron chi connectivity index (χ3n) is 2.65. The largest absolute Gasteiger partial charge is 0.459 e. The zero-order chi connectivity index (χ0) is 11.0. The Kier molecular flexibility index (Phi) is 2.25. The molecule has 0 amide bonds. The van der Waals surface area contributed by atoms with Crippen LogP contribution in [0.5, 0.6) is 0 Å². The molecule has 1 aliphatic rings. The molecule has 0 unspecified atom stereocenters. The molecule has 0 aromatic carbocycles. The first-order chi connectivity index (χ1) is 7.83. The van der Waals surface area contributed by atoms with Crippen molar-refractivity contribution in [2.24, 2.45) is 0 Å². The molecule has 1 aliphatic carbocycles. The second-order valence-corrected chi connectivity index (χ2v) is 4.10. The number of hydrogen-bond acceptors (Lipinski definition) is 5. The van der Waals surface area contributed by atoms with Crippen LogP contribution < -0.4 is 5.32 Å². The quantitative estimate of drug-likeness (QED) is 0.850. The van der Waals surface area contributed by atoms with Crippen molar-refractivity contribution in [1.82, 2.24) is 15.5 Å². The number of rotatable bonds is 4. The summed E-state index contributed by atoms with van der Waals surface area (Å²) in [6.07, 6.45) is 4.13. The lowest BCUT2D eigenvalue weighted by Crippen LogP contribution is -2.16. The maximum absolute atomic E-state index is 5.28. The summed E-state index contributed by atoms with van der Waals surface area (Å²) in [4.78, 5) is 4.28. The summed E-state index contributed by atoms with van der Waals surface area (Å²) >= 11 is 0. The number of nitrogens with zero attached hydrogens (tertiary/aromatic N) is 2. The Bertz CT molecular complexity index is 485. The average molecular weight is 219 g/mol. The van der Waals surface area contributed by atoms with Gasteiger partial charge in [0.15, 0.2) is 11.6 Å². The Balaban J connectivity index is 1.74. The van der Waals surface area contributed by atoms with Crippen LogP contribution in [0, 0.1) is 6.92 Å². The number of hydrogen-bond donors (Lipinski definition) is 1.